The molecule has 0 aliphatic heterocycles. The number of primary sulfonamides is 1. The van der Waals surface area contributed by atoms with E-state index in [0.717, 1.165) is 5.39 Å². The zero-order valence-corrected chi connectivity index (χ0v) is 11.4. The molecule has 0 saturated heterocycles. The van der Waals surface area contributed by atoms with Crippen LogP contribution in [0.5, 0.6) is 0 Å². The highest BCUT2D eigenvalue weighted by molar-refractivity contribution is 7.89. The van der Waals surface area contributed by atoms with Crippen LogP contribution in [-0.2, 0) is 10.0 Å². The second-order valence-corrected chi connectivity index (χ2v) is 6.12. The minimum atomic E-state index is -3.50. The number of nitrogen functional groups attached to an aromatic ring is 1. The number of amides is 1. The van der Waals surface area contributed by atoms with Crippen molar-refractivity contribution in [3.8, 4) is 0 Å². The molecule has 0 aliphatic rings. The van der Waals surface area contributed by atoms with E-state index in [2.05, 4.69) is 5.32 Å². The smallest absolute Gasteiger partial charge is 0.287 e. The zero-order chi connectivity index (χ0) is 14.8. The minimum absolute atomic E-state index is 0.154. The van der Waals surface area contributed by atoms with E-state index in [4.69, 9.17) is 15.3 Å². The highest BCUT2D eigenvalue weighted by Gasteiger charge is 2.12. The zero-order valence-electron chi connectivity index (χ0n) is 10.6. The van der Waals surface area contributed by atoms with Crippen LogP contribution in [0.15, 0.2) is 28.7 Å². The molecule has 5 N–H and O–H groups in total. The number of fused-ring (bicyclic) bond motifs is 1. The van der Waals surface area contributed by atoms with E-state index in [1.165, 1.54) is 0 Å². The molecule has 0 radical (unpaired) electrons. The van der Waals surface area contributed by atoms with Crippen LogP contribution in [-0.4, -0.2) is 26.6 Å². The SMILES string of the molecule is Nc1ccc2oc(C(=O)NCCCS(N)(=O)=O)cc2c1. The number of nitrogens with one attached hydrogen (secondary N) is 1. The molecule has 0 aliphatic carbocycles. The second kappa shape index (κ2) is 5.51. The summed E-state index contributed by atoms with van der Waals surface area (Å²) in [5, 5.41) is 8.16. The van der Waals surface area contributed by atoms with Crippen molar-refractivity contribution in [2.45, 2.75) is 6.42 Å². The van der Waals surface area contributed by atoms with Crippen LogP contribution in [0.25, 0.3) is 11.0 Å². The summed E-state index contributed by atoms with van der Waals surface area (Å²) >= 11 is 0. The van der Waals surface area contributed by atoms with Crippen LogP contribution in [0.1, 0.15) is 17.0 Å². The molecule has 1 heterocycles. The van der Waals surface area contributed by atoms with Crippen molar-refractivity contribution < 1.29 is 17.6 Å². The van der Waals surface area contributed by atoms with E-state index in [9.17, 15) is 13.2 Å². The Morgan fingerprint density at radius 1 is 1.30 bits per heavy atom. The number of benzene rings is 1. The summed E-state index contributed by atoms with van der Waals surface area (Å²) in [6, 6.07) is 6.65. The Bertz CT molecular complexity index is 736. The first kappa shape index (κ1) is 14.4. The van der Waals surface area contributed by atoms with Gasteiger partial charge >= 0.3 is 0 Å². The fourth-order valence-corrected chi connectivity index (χ4v) is 2.28. The summed E-state index contributed by atoms with van der Waals surface area (Å²) in [5.74, 6) is -0.431. The molecule has 108 valence electrons. The Labute approximate surface area is 116 Å². The molecule has 0 spiro atoms. The predicted molar refractivity (Wildman–Crippen MR) is 75.6 cm³/mol. The third-order valence-electron chi connectivity index (χ3n) is 2.66. The maximum absolute atomic E-state index is 11.8. The van der Waals surface area contributed by atoms with E-state index < -0.39 is 15.9 Å². The molecule has 7 nitrogen and oxygen atoms in total. The average Bonchev–Trinajstić information content (AvgIpc) is 2.76. The third-order valence-corrected chi connectivity index (χ3v) is 3.51. The summed E-state index contributed by atoms with van der Waals surface area (Å²) in [6.45, 7) is 0.203. The van der Waals surface area contributed by atoms with E-state index in [-0.39, 0.29) is 24.5 Å². The van der Waals surface area contributed by atoms with Gasteiger partial charge in [-0.15, -0.1) is 0 Å². The quantitative estimate of drug-likeness (QED) is 0.544. The molecular formula is C12H15N3O4S. The van der Waals surface area contributed by atoms with Crippen LogP contribution < -0.4 is 16.2 Å². The number of hydrogen-bond donors (Lipinski definition) is 3. The Hall–Kier alpha value is -2.06. The number of rotatable bonds is 5. The lowest BCUT2D eigenvalue weighted by Crippen LogP contribution is -2.27. The lowest BCUT2D eigenvalue weighted by Gasteiger charge is -2.01. The van der Waals surface area contributed by atoms with Gasteiger partial charge in [-0.2, -0.15) is 0 Å². The maximum atomic E-state index is 11.8. The highest BCUT2D eigenvalue weighted by atomic mass is 32.2. The maximum Gasteiger partial charge on any atom is 0.287 e. The molecule has 1 aromatic carbocycles. The molecule has 8 heteroatoms. The first-order valence-corrected chi connectivity index (χ1v) is 7.64. The lowest BCUT2D eigenvalue weighted by molar-refractivity contribution is 0.0928. The number of sulfonamides is 1. The Morgan fingerprint density at radius 2 is 2.05 bits per heavy atom. The van der Waals surface area contributed by atoms with Crippen molar-refractivity contribution in [3.63, 3.8) is 0 Å². The minimum Gasteiger partial charge on any atom is -0.451 e. The number of hydrogen-bond acceptors (Lipinski definition) is 5. The normalized spacial score (nSPS) is 11.7. The van der Waals surface area contributed by atoms with Crippen molar-refractivity contribution >= 4 is 32.6 Å². The van der Waals surface area contributed by atoms with Crippen molar-refractivity contribution in [3.05, 3.63) is 30.0 Å². The average molecular weight is 297 g/mol. The van der Waals surface area contributed by atoms with E-state index in [1.807, 2.05) is 0 Å². The van der Waals surface area contributed by atoms with Gasteiger partial charge in [-0.1, -0.05) is 0 Å². The number of nitrogens with two attached hydrogens (primary N) is 2. The van der Waals surface area contributed by atoms with Gasteiger partial charge in [0.2, 0.25) is 10.0 Å². The Kier molecular flexibility index (Phi) is 3.96. The van der Waals surface area contributed by atoms with Crippen molar-refractivity contribution in [2.24, 2.45) is 5.14 Å². The summed E-state index contributed by atoms with van der Waals surface area (Å²) in [6.07, 6.45) is 0.248. The first-order chi connectivity index (χ1) is 9.35. The van der Waals surface area contributed by atoms with Crippen molar-refractivity contribution in [1.82, 2.24) is 5.32 Å². The molecule has 1 amide bonds. The van der Waals surface area contributed by atoms with Gasteiger partial charge in [0.25, 0.3) is 5.91 Å². The molecule has 0 fully saturated rings. The standard InChI is InChI=1S/C12H15N3O4S/c13-9-2-3-10-8(6-9)7-11(19-10)12(16)15-4-1-5-20(14,17)18/h2-3,6-7H,1,4-5,13H2,(H,15,16)(H2,14,17,18). The molecule has 1 aromatic heterocycles. The summed E-state index contributed by atoms with van der Waals surface area (Å²) < 4.78 is 26.8. The van der Waals surface area contributed by atoms with Crippen LogP contribution in [0.4, 0.5) is 5.69 Å². The van der Waals surface area contributed by atoms with Gasteiger partial charge in [0.15, 0.2) is 5.76 Å². The van der Waals surface area contributed by atoms with Gasteiger partial charge in [-0.3, -0.25) is 4.79 Å². The number of furan rings is 1. The molecule has 0 atom stereocenters. The lowest BCUT2D eigenvalue weighted by atomic mass is 10.2. The summed E-state index contributed by atoms with van der Waals surface area (Å²) in [4.78, 5) is 11.8. The molecule has 2 rings (SSSR count). The fraction of sp³-hybridized carbons (Fsp3) is 0.250. The van der Waals surface area contributed by atoms with Crippen LogP contribution in [0.3, 0.4) is 0 Å². The number of carbonyl (C=O) groups is 1. The van der Waals surface area contributed by atoms with Gasteiger partial charge in [0.05, 0.1) is 5.75 Å². The van der Waals surface area contributed by atoms with Crippen LogP contribution >= 0.6 is 0 Å². The van der Waals surface area contributed by atoms with Gasteiger partial charge < -0.3 is 15.5 Å². The van der Waals surface area contributed by atoms with Gasteiger partial charge in [-0.25, -0.2) is 13.6 Å². The largest absolute Gasteiger partial charge is 0.451 e. The fourth-order valence-electron chi connectivity index (χ4n) is 1.74. The molecule has 0 bridgehead atoms. The Balaban J connectivity index is 1.97. The van der Waals surface area contributed by atoms with Crippen LogP contribution in [0.2, 0.25) is 0 Å². The van der Waals surface area contributed by atoms with E-state index in [0.29, 0.717) is 11.3 Å². The molecular weight excluding hydrogens is 282 g/mol. The predicted octanol–water partition coefficient (Wildman–Crippen LogP) is 0.423. The van der Waals surface area contributed by atoms with Gasteiger partial charge in [-0.05, 0) is 30.7 Å². The number of anilines is 1. The van der Waals surface area contributed by atoms with Crippen molar-refractivity contribution in [2.75, 3.05) is 18.0 Å². The van der Waals surface area contributed by atoms with E-state index in [1.54, 1.807) is 24.3 Å². The third kappa shape index (κ3) is 3.72. The van der Waals surface area contributed by atoms with Gasteiger partial charge in [0.1, 0.15) is 5.58 Å². The topological polar surface area (TPSA) is 128 Å². The summed E-state index contributed by atoms with van der Waals surface area (Å²) in [7, 11) is -3.50. The number of carbonyl (C=O) groups excluding carboxylic acids is 1. The molecule has 0 saturated carbocycles. The van der Waals surface area contributed by atoms with E-state index >= 15 is 0 Å². The highest BCUT2D eigenvalue weighted by Crippen LogP contribution is 2.21. The van der Waals surface area contributed by atoms with Crippen LogP contribution in [0, 0.1) is 0 Å². The second-order valence-electron chi connectivity index (χ2n) is 4.38. The Morgan fingerprint density at radius 3 is 2.75 bits per heavy atom. The first-order valence-electron chi connectivity index (χ1n) is 5.93. The monoisotopic (exact) mass is 297 g/mol. The molecule has 0 unspecified atom stereocenters. The van der Waals surface area contributed by atoms with Gasteiger partial charge in [0, 0.05) is 17.6 Å². The van der Waals surface area contributed by atoms with Crippen molar-refractivity contribution in [1.29, 1.82) is 0 Å². The summed E-state index contributed by atoms with van der Waals surface area (Å²) in [5.41, 5.74) is 6.78. The molecule has 20 heavy (non-hydrogen) atoms. The molecule has 2 aromatic rings.